The molecule has 2 aromatic rings. The highest BCUT2D eigenvalue weighted by Crippen LogP contribution is 2.47. The lowest BCUT2D eigenvalue weighted by atomic mass is 10.3. The molecule has 0 N–H and O–H groups in total. The Hall–Kier alpha value is -0.440. The first-order valence-corrected chi connectivity index (χ1v) is 7.19. The van der Waals surface area contributed by atoms with Crippen molar-refractivity contribution >= 4 is 45.8 Å². The van der Waals surface area contributed by atoms with Gasteiger partial charge in [0, 0.05) is 6.04 Å². The first-order chi connectivity index (χ1) is 8.49. The molecule has 1 saturated carbocycles. The zero-order valence-electron chi connectivity index (χ0n) is 10.1. The van der Waals surface area contributed by atoms with Crippen LogP contribution >= 0.6 is 34.8 Å². The number of fused-ring (bicyclic) bond motifs is 1. The molecule has 1 aliphatic rings. The summed E-state index contributed by atoms with van der Waals surface area (Å²) in [5.74, 6) is 1.57. The molecule has 0 saturated heterocycles. The van der Waals surface area contributed by atoms with Gasteiger partial charge >= 0.3 is 0 Å². The number of aromatic nitrogens is 2. The molecular formula is C13H13Cl3N2. The van der Waals surface area contributed by atoms with Gasteiger partial charge in [-0.15, -0.1) is 11.6 Å². The Morgan fingerprint density at radius 1 is 1.33 bits per heavy atom. The summed E-state index contributed by atoms with van der Waals surface area (Å²) in [6.07, 6.45) is 1.17. The van der Waals surface area contributed by atoms with E-state index in [1.807, 2.05) is 19.1 Å². The molecule has 0 aliphatic heterocycles. The Morgan fingerprint density at radius 3 is 2.50 bits per heavy atom. The molecular weight excluding hydrogens is 291 g/mol. The zero-order valence-corrected chi connectivity index (χ0v) is 12.4. The van der Waals surface area contributed by atoms with Gasteiger partial charge in [0.15, 0.2) is 0 Å². The van der Waals surface area contributed by atoms with Crippen molar-refractivity contribution in [2.45, 2.75) is 31.7 Å². The molecule has 0 amide bonds. The summed E-state index contributed by atoms with van der Waals surface area (Å²) >= 11 is 18.4. The molecule has 0 bridgehead atoms. The fraction of sp³-hybridized carbons (Fsp3) is 0.462. The third-order valence-corrected chi connectivity index (χ3v) is 4.43. The molecule has 3 unspecified atom stereocenters. The number of rotatable bonds is 2. The molecule has 96 valence electrons. The largest absolute Gasteiger partial charge is 0.323 e. The van der Waals surface area contributed by atoms with Gasteiger partial charge in [-0.05, 0) is 31.4 Å². The highest BCUT2D eigenvalue weighted by Gasteiger charge is 2.37. The first kappa shape index (κ1) is 12.6. The number of hydrogen-bond donors (Lipinski definition) is 0. The minimum Gasteiger partial charge on any atom is -0.323 e. The van der Waals surface area contributed by atoms with Gasteiger partial charge < -0.3 is 4.57 Å². The summed E-state index contributed by atoms with van der Waals surface area (Å²) in [4.78, 5) is 4.60. The molecule has 1 fully saturated rings. The van der Waals surface area contributed by atoms with E-state index in [0.29, 0.717) is 22.0 Å². The van der Waals surface area contributed by atoms with Crippen LogP contribution in [0.25, 0.3) is 11.0 Å². The average Bonchev–Trinajstić information content (AvgIpc) is 2.88. The first-order valence-electron chi connectivity index (χ1n) is 6.00. The number of halogens is 3. The van der Waals surface area contributed by atoms with Gasteiger partial charge in [0.1, 0.15) is 5.82 Å². The van der Waals surface area contributed by atoms with E-state index in [9.17, 15) is 0 Å². The Kier molecular flexibility index (Phi) is 3.00. The van der Waals surface area contributed by atoms with Crippen molar-refractivity contribution in [2.24, 2.45) is 5.92 Å². The zero-order chi connectivity index (χ0) is 13.0. The van der Waals surface area contributed by atoms with Gasteiger partial charge in [-0.1, -0.05) is 30.1 Å². The Bertz CT molecular complexity index is 618. The predicted molar refractivity (Wildman–Crippen MR) is 76.8 cm³/mol. The molecule has 1 aromatic carbocycles. The van der Waals surface area contributed by atoms with Gasteiger partial charge in [0.2, 0.25) is 0 Å². The standard InChI is InChI=1S/C13H13Cl3N2/c1-6-3-11(6)18-12-5-9(16)8(15)4-10(12)17-13(18)7(2)14/h4-7,11H,3H2,1-2H3. The summed E-state index contributed by atoms with van der Waals surface area (Å²) in [6.45, 7) is 4.17. The highest BCUT2D eigenvalue weighted by atomic mass is 35.5. The lowest BCUT2D eigenvalue weighted by Gasteiger charge is -2.09. The molecule has 18 heavy (non-hydrogen) atoms. The van der Waals surface area contributed by atoms with Gasteiger partial charge in [0.25, 0.3) is 0 Å². The van der Waals surface area contributed by atoms with Crippen LogP contribution in [0.2, 0.25) is 10.0 Å². The van der Waals surface area contributed by atoms with Crippen LogP contribution in [0, 0.1) is 5.92 Å². The third-order valence-electron chi connectivity index (χ3n) is 3.51. The second-order valence-corrected chi connectivity index (χ2v) is 6.46. The van der Waals surface area contributed by atoms with Crippen molar-refractivity contribution in [3.8, 4) is 0 Å². The summed E-state index contributed by atoms with van der Waals surface area (Å²) in [5.41, 5.74) is 1.90. The number of imidazole rings is 1. The van der Waals surface area contributed by atoms with Crippen LogP contribution in [0.3, 0.4) is 0 Å². The Balaban J connectivity index is 2.27. The maximum absolute atomic E-state index is 6.23. The van der Waals surface area contributed by atoms with Crippen molar-refractivity contribution in [3.05, 3.63) is 28.0 Å². The minimum absolute atomic E-state index is 0.122. The van der Waals surface area contributed by atoms with Crippen molar-refractivity contribution < 1.29 is 0 Å². The maximum atomic E-state index is 6.23. The van der Waals surface area contributed by atoms with Crippen LogP contribution in [-0.4, -0.2) is 9.55 Å². The number of hydrogen-bond acceptors (Lipinski definition) is 1. The Labute approximate surface area is 121 Å². The summed E-state index contributed by atoms with van der Waals surface area (Å²) in [7, 11) is 0. The van der Waals surface area contributed by atoms with E-state index in [4.69, 9.17) is 34.8 Å². The van der Waals surface area contributed by atoms with E-state index < -0.39 is 0 Å². The second kappa shape index (κ2) is 4.29. The van der Waals surface area contributed by atoms with Crippen molar-refractivity contribution in [1.82, 2.24) is 9.55 Å². The average molecular weight is 304 g/mol. The van der Waals surface area contributed by atoms with Gasteiger partial charge in [-0.2, -0.15) is 0 Å². The molecule has 3 rings (SSSR count). The topological polar surface area (TPSA) is 17.8 Å². The Morgan fingerprint density at radius 2 is 1.94 bits per heavy atom. The van der Waals surface area contributed by atoms with Crippen molar-refractivity contribution in [2.75, 3.05) is 0 Å². The lowest BCUT2D eigenvalue weighted by Crippen LogP contribution is -2.03. The molecule has 5 heteroatoms. The monoisotopic (exact) mass is 302 g/mol. The van der Waals surface area contributed by atoms with Crippen molar-refractivity contribution in [1.29, 1.82) is 0 Å². The second-order valence-electron chi connectivity index (χ2n) is 4.99. The highest BCUT2D eigenvalue weighted by molar-refractivity contribution is 6.42. The quantitative estimate of drug-likeness (QED) is 0.695. The SMILES string of the molecule is CC(Cl)c1nc2cc(Cl)c(Cl)cc2n1C1CC1C. The van der Waals surface area contributed by atoms with Crippen LogP contribution in [0.4, 0.5) is 0 Å². The van der Waals surface area contributed by atoms with Gasteiger partial charge in [-0.25, -0.2) is 4.98 Å². The molecule has 1 aliphatic carbocycles. The fourth-order valence-electron chi connectivity index (χ4n) is 2.40. The van der Waals surface area contributed by atoms with E-state index in [1.165, 1.54) is 6.42 Å². The van der Waals surface area contributed by atoms with Crippen LogP contribution in [-0.2, 0) is 0 Å². The molecule has 0 radical (unpaired) electrons. The van der Waals surface area contributed by atoms with E-state index in [0.717, 1.165) is 16.9 Å². The smallest absolute Gasteiger partial charge is 0.127 e. The normalized spacial score (nSPS) is 24.5. The predicted octanol–water partition coefficient (Wildman–Crippen LogP) is 5.22. The lowest BCUT2D eigenvalue weighted by molar-refractivity contribution is 0.659. The summed E-state index contributed by atoms with van der Waals surface area (Å²) in [5, 5.41) is 0.974. The van der Waals surface area contributed by atoms with Gasteiger partial charge in [0.05, 0.1) is 26.5 Å². The molecule has 1 heterocycles. The van der Waals surface area contributed by atoms with E-state index in [1.54, 1.807) is 0 Å². The third kappa shape index (κ3) is 1.91. The number of benzene rings is 1. The van der Waals surface area contributed by atoms with Crippen LogP contribution < -0.4 is 0 Å². The molecule has 1 aromatic heterocycles. The minimum atomic E-state index is -0.122. The summed E-state index contributed by atoms with van der Waals surface area (Å²) < 4.78 is 2.22. The number of alkyl halides is 1. The maximum Gasteiger partial charge on any atom is 0.127 e. The molecule has 0 spiro atoms. The number of nitrogens with zero attached hydrogens (tertiary/aromatic N) is 2. The van der Waals surface area contributed by atoms with Crippen LogP contribution in [0.1, 0.15) is 37.5 Å². The van der Waals surface area contributed by atoms with Crippen LogP contribution in [0.5, 0.6) is 0 Å². The van der Waals surface area contributed by atoms with E-state index in [2.05, 4.69) is 16.5 Å². The summed E-state index contributed by atoms with van der Waals surface area (Å²) in [6, 6.07) is 4.19. The molecule has 2 nitrogen and oxygen atoms in total. The van der Waals surface area contributed by atoms with Crippen LogP contribution in [0.15, 0.2) is 12.1 Å². The van der Waals surface area contributed by atoms with E-state index in [-0.39, 0.29) is 5.38 Å². The van der Waals surface area contributed by atoms with E-state index >= 15 is 0 Å². The fourth-order valence-corrected chi connectivity index (χ4v) is 2.87. The van der Waals surface area contributed by atoms with Crippen molar-refractivity contribution in [3.63, 3.8) is 0 Å². The molecule has 3 atom stereocenters. The van der Waals surface area contributed by atoms with Gasteiger partial charge in [-0.3, -0.25) is 0 Å².